The summed E-state index contributed by atoms with van der Waals surface area (Å²) in [6, 6.07) is 22.9. The zero-order chi connectivity index (χ0) is 76.4. The molecule has 1 unspecified atom stereocenters. The summed E-state index contributed by atoms with van der Waals surface area (Å²) in [4.78, 5) is 102. The molecule has 4 saturated carbocycles. The molecule has 7 aliphatic rings. The minimum Gasteiger partial charge on any atom is -0.462 e. The summed E-state index contributed by atoms with van der Waals surface area (Å²) in [6.07, 6.45) is 28.9. The van der Waals surface area contributed by atoms with Crippen molar-refractivity contribution in [3.63, 3.8) is 0 Å². The lowest BCUT2D eigenvalue weighted by Crippen LogP contribution is -2.29. The minimum atomic E-state index is -0.479. The average molecular weight is 1480 g/mol. The third-order valence-corrected chi connectivity index (χ3v) is 22.1. The van der Waals surface area contributed by atoms with Crippen molar-refractivity contribution in [2.24, 2.45) is 29.6 Å². The first-order valence-electron chi connectivity index (χ1n) is 39.4. The second-order valence-corrected chi connectivity index (χ2v) is 29.5. The highest BCUT2D eigenvalue weighted by atomic mass is 16.6. The number of esters is 7. The molecule has 1 atom stereocenters. The van der Waals surface area contributed by atoms with Gasteiger partial charge in [0, 0.05) is 55.1 Å². The van der Waals surface area contributed by atoms with Gasteiger partial charge in [-0.2, -0.15) is 0 Å². The summed E-state index contributed by atoms with van der Waals surface area (Å²) < 4.78 is 58.2. The van der Waals surface area contributed by atoms with Gasteiger partial charge in [-0.15, -0.1) is 0 Å². The molecule has 0 heterocycles. The molecule has 574 valence electrons. The predicted molar refractivity (Wildman–Crippen MR) is 412 cm³/mol. The van der Waals surface area contributed by atoms with E-state index in [9.17, 15) is 38.4 Å². The standard InChI is InChI=1S/C91H102O18/c1-5-67(92)17-12-10-9-11-16-60-22-26-63(27-23-60)88(96)106-71-40-46-75-76-47-41-72(107-89(97)64-28-34-68(35-29-64)100-50-13-53-103-85(93)6-2)57-82(76)79(81(75)56-71)44-24-61-18-20-62(21-19-61)25-45-80-83-58-73(108-90(98)65-30-36-69(37-31-65)101-51-14-54-104-86(94)7-3)42-48-77(83)78-49-43-74(59-84(78)80)109-91(99)66-32-38-70(39-33-66)102-52-15-55-105-87(95)8-4/h5-8,18,20,40-43,46-49,56-60,63-66,68-70,79-80H,1-4,9-17,19,21-23,26-39,50-55H2. The molecule has 7 aliphatic carbocycles. The molecule has 0 saturated heterocycles. The molecular weight excluding hydrogens is 1380 g/mol. The number of rotatable bonds is 34. The molecule has 109 heavy (non-hydrogen) atoms. The van der Waals surface area contributed by atoms with Crippen molar-refractivity contribution in [1.29, 1.82) is 0 Å². The van der Waals surface area contributed by atoms with E-state index in [0.29, 0.717) is 164 Å². The molecule has 4 fully saturated rings. The van der Waals surface area contributed by atoms with E-state index in [1.165, 1.54) is 6.08 Å². The van der Waals surface area contributed by atoms with Crippen LogP contribution in [0, 0.1) is 53.3 Å². The van der Waals surface area contributed by atoms with Crippen molar-refractivity contribution in [1.82, 2.24) is 0 Å². The van der Waals surface area contributed by atoms with Crippen LogP contribution in [0.1, 0.15) is 207 Å². The molecule has 11 rings (SSSR count). The number of fused-ring (bicyclic) bond motifs is 6. The summed E-state index contributed by atoms with van der Waals surface area (Å²) in [5, 5.41) is 0. The number of allylic oxidation sites excluding steroid dienone is 5. The van der Waals surface area contributed by atoms with Gasteiger partial charge in [0.2, 0.25) is 0 Å². The Morgan fingerprint density at radius 2 is 0.670 bits per heavy atom. The van der Waals surface area contributed by atoms with E-state index < -0.39 is 29.7 Å². The van der Waals surface area contributed by atoms with E-state index in [0.717, 1.165) is 132 Å². The third-order valence-electron chi connectivity index (χ3n) is 22.1. The molecule has 4 aromatic carbocycles. The van der Waals surface area contributed by atoms with E-state index in [-0.39, 0.29) is 91.5 Å². The maximum atomic E-state index is 13.9. The van der Waals surface area contributed by atoms with Crippen molar-refractivity contribution in [3.05, 3.63) is 169 Å². The Balaban J connectivity index is 0.787. The highest BCUT2D eigenvalue weighted by Gasteiger charge is 2.36. The lowest BCUT2D eigenvalue weighted by molar-refractivity contribution is -0.142. The Bertz CT molecular complexity index is 4060. The van der Waals surface area contributed by atoms with E-state index >= 15 is 0 Å². The SMILES string of the molecule is C=CC(=O)CCCCCCC1CCC(C(=O)Oc2ccc3c(c2)C(C#CC2=CC=C(C#CC4c5cc(OC(=O)C6CCC(OCCCOC(=O)C=C)CC6)ccc5-c5ccc(OC(=O)C6CCC(OCCCOC(=O)C=C)CC6)cc54)CC2)c2cc(OC(=O)C4CCC(OCCCOC(=O)C=C)CC4)ccc2-3)CC1. The Hall–Kier alpha value is -9.72. The van der Waals surface area contributed by atoms with Crippen LogP contribution in [0.15, 0.2) is 147 Å². The molecular formula is C91H102O18. The highest BCUT2D eigenvalue weighted by molar-refractivity contribution is 5.89. The fourth-order valence-corrected chi connectivity index (χ4v) is 15.9. The number of carbonyl (C=O) groups is 8. The van der Waals surface area contributed by atoms with Crippen molar-refractivity contribution >= 4 is 47.6 Å². The number of carbonyl (C=O) groups excluding carboxylic acids is 8. The van der Waals surface area contributed by atoms with Crippen LogP contribution in [0.5, 0.6) is 23.0 Å². The lowest BCUT2D eigenvalue weighted by atomic mass is 9.79. The van der Waals surface area contributed by atoms with Crippen LogP contribution >= 0.6 is 0 Å². The van der Waals surface area contributed by atoms with Gasteiger partial charge in [-0.05, 0) is 239 Å². The fourth-order valence-electron chi connectivity index (χ4n) is 15.9. The Morgan fingerprint density at radius 3 is 0.972 bits per heavy atom. The summed E-state index contributed by atoms with van der Waals surface area (Å²) in [5.41, 5.74) is 9.04. The maximum absolute atomic E-state index is 13.9. The van der Waals surface area contributed by atoms with Crippen LogP contribution in [0.3, 0.4) is 0 Å². The zero-order valence-corrected chi connectivity index (χ0v) is 62.7. The van der Waals surface area contributed by atoms with Gasteiger partial charge in [0.05, 0.1) is 93.5 Å². The Morgan fingerprint density at radius 1 is 0.358 bits per heavy atom. The lowest BCUT2D eigenvalue weighted by Gasteiger charge is -2.27. The number of ketones is 1. The molecule has 0 N–H and O–H groups in total. The van der Waals surface area contributed by atoms with Crippen molar-refractivity contribution in [2.45, 2.75) is 204 Å². The van der Waals surface area contributed by atoms with E-state index in [1.54, 1.807) is 0 Å². The van der Waals surface area contributed by atoms with Gasteiger partial charge < -0.3 is 47.4 Å². The first kappa shape index (κ1) is 80.3. The van der Waals surface area contributed by atoms with Crippen LogP contribution in [-0.2, 0) is 66.8 Å². The largest absolute Gasteiger partial charge is 0.462 e. The Labute approximate surface area is 640 Å². The van der Waals surface area contributed by atoms with Gasteiger partial charge in [-0.25, -0.2) is 14.4 Å². The highest BCUT2D eigenvalue weighted by Crippen LogP contribution is 2.50. The second-order valence-electron chi connectivity index (χ2n) is 29.5. The number of hydrogen-bond donors (Lipinski definition) is 0. The Kier molecular flexibility index (Phi) is 29.9. The second kappa shape index (κ2) is 40.6. The fraction of sp³-hybridized carbons (Fsp3) is 0.473. The minimum absolute atomic E-state index is 0.00156. The zero-order valence-electron chi connectivity index (χ0n) is 62.7. The summed E-state index contributed by atoms with van der Waals surface area (Å²) in [5.74, 6) is 12.1. The topological polar surface area (TPSA) is 229 Å². The monoisotopic (exact) mass is 1480 g/mol. The van der Waals surface area contributed by atoms with Crippen LogP contribution in [0.2, 0.25) is 0 Å². The first-order valence-corrected chi connectivity index (χ1v) is 39.4. The maximum Gasteiger partial charge on any atom is 0.330 e. The van der Waals surface area contributed by atoms with Crippen molar-refractivity contribution < 1.29 is 85.7 Å². The molecule has 0 amide bonds. The van der Waals surface area contributed by atoms with Gasteiger partial charge >= 0.3 is 41.8 Å². The predicted octanol–water partition coefficient (Wildman–Crippen LogP) is 16.9. The van der Waals surface area contributed by atoms with Crippen LogP contribution < -0.4 is 18.9 Å². The van der Waals surface area contributed by atoms with Crippen molar-refractivity contribution in [3.8, 4) is 68.9 Å². The molecule has 4 aromatic rings. The molecule has 18 nitrogen and oxygen atoms in total. The summed E-state index contributed by atoms with van der Waals surface area (Å²) in [7, 11) is 0. The van der Waals surface area contributed by atoms with Crippen molar-refractivity contribution in [2.75, 3.05) is 39.6 Å². The van der Waals surface area contributed by atoms with Crippen LogP contribution in [0.4, 0.5) is 0 Å². The van der Waals surface area contributed by atoms with Crippen LogP contribution in [-0.4, -0.2) is 106 Å². The van der Waals surface area contributed by atoms with Crippen LogP contribution in [0.25, 0.3) is 22.3 Å². The van der Waals surface area contributed by atoms with Gasteiger partial charge in [0.1, 0.15) is 23.0 Å². The number of ether oxygens (including phenoxy) is 10. The molecule has 0 aromatic heterocycles. The smallest absolute Gasteiger partial charge is 0.330 e. The molecule has 0 spiro atoms. The third kappa shape index (κ3) is 22.9. The normalized spacial score (nSPS) is 22.2. The quantitative estimate of drug-likeness (QED) is 0.0106. The number of benzene rings is 4. The van der Waals surface area contributed by atoms with Gasteiger partial charge in [0.15, 0.2) is 5.78 Å². The van der Waals surface area contributed by atoms with E-state index in [4.69, 9.17) is 47.4 Å². The van der Waals surface area contributed by atoms with Gasteiger partial charge in [0.25, 0.3) is 0 Å². The summed E-state index contributed by atoms with van der Waals surface area (Å²) in [6.45, 7) is 15.9. The van der Waals surface area contributed by atoms with Gasteiger partial charge in [-0.1, -0.05) is 99.9 Å². The summed E-state index contributed by atoms with van der Waals surface area (Å²) >= 11 is 0. The molecule has 0 aliphatic heterocycles. The van der Waals surface area contributed by atoms with E-state index in [1.807, 2.05) is 84.9 Å². The molecule has 0 bridgehead atoms. The molecule has 0 radical (unpaired) electrons. The van der Waals surface area contributed by atoms with E-state index in [2.05, 4.69) is 50.0 Å². The first-order chi connectivity index (χ1) is 53.1. The molecule has 18 heteroatoms. The number of hydrogen-bond acceptors (Lipinski definition) is 18. The number of unbranched alkanes of at least 4 members (excludes halogenated alkanes) is 3. The van der Waals surface area contributed by atoms with Gasteiger partial charge in [-0.3, -0.25) is 24.0 Å². The average Bonchev–Trinajstić information content (AvgIpc) is 1.61.